The minimum Gasteiger partial charge on any atom is -0.0622 e. The highest BCUT2D eigenvalue weighted by molar-refractivity contribution is 5.70. The minimum absolute atomic E-state index is 0.204. The van der Waals surface area contributed by atoms with Crippen LogP contribution < -0.4 is 0 Å². The van der Waals surface area contributed by atoms with Gasteiger partial charge in [-0.15, -0.1) is 0 Å². The lowest BCUT2D eigenvalue weighted by Crippen LogP contribution is -2.10. The van der Waals surface area contributed by atoms with E-state index in [2.05, 4.69) is 176 Å². The van der Waals surface area contributed by atoms with Crippen LogP contribution in [0, 0.1) is 6.92 Å². The van der Waals surface area contributed by atoms with E-state index in [1.54, 1.807) is 0 Å². The van der Waals surface area contributed by atoms with Gasteiger partial charge >= 0.3 is 0 Å². The quantitative estimate of drug-likeness (QED) is 0.226. The average Bonchev–Trinajstić information content (AvgIpc) is 2.94. The SMILES string of the molecule is CC(C)(C)c1ccc(-c2ccc(-c3ccccc3)cc2)cc1.Cc1ccc(-c2ccc(C(C)(C)C)cc2)cc1. The Morgan fingerprint density at radius 2 is 0.564 bits per heavy atom. The van der Waals surface area contributed by atoms with Gasteiger partial charge in [-0.1, -0.05) is 174 Å². The van der Waals surface area contributed by atoms with Gasteiger partial charge in [0.25, 0.3) is 0 Å². The molecule has 198 valence electrons. The van der Waals surface area contributed by atoms with Gasteiger partial charge in [0.05, 0.1) is 0 Å². The topological polar surface area (TPSA) is 0 Å². The highest BCUT2D eigenvalue weighted by Gasteiger charge is 2.14. The van der Waals surface area contributed by atoms with Crippen LogP contribution in [-0.2, 0) is 10.8 Å². The van der Waals surface area contributed by atoms with Crippen LogP contribution in [0.3, 0.4) is 0 Å². The molecule has 5 aromatic rings. The van der Waals surface area contributed by atoms with Gasteiger partial charge in [-0.2, -0.15) is 0 Å². The molecule has 0 amide bonds. The standard InChI is InChI=1S/C22H22.C17H20/c1-22(2,3)21-15-13-20(14-16-21)19-11-9-18(10-12-19)17-7-5-4-6-8-17;1-13-5-7-14(8-6-13)15-9-11-16(12-10-15)17(2,3)4/h4-16H,1-3H3;5-12H,1-4H3. The molecule has 0 aliphatic carbocycles. The van der Waals surface area contributed by atoms with Crippen LogP contribution in [0.5, 0.6) is 0 Å². The fourth-order valence-corrected chi connectivity index (χ4v) is 4.56. The first-order chi connectivity index (χ1) is 18.5. The molecule has 0 radical (unpaired) electrons. The Morgan fingerprint density at radius 3 is 0.872 bits per heavy atom. The molecule has 0 N–H and O–H groups in total. The van der Waals surface area contributed by atoms with Crippen LogP contribution in [0.1, 0.15) is 58.2 Å². The molecule has 39 heavy (non-hydrogen) atoms. The van der Waals surface area contributed by atoms with Crippen molar-refractivity contribution in [3.63, 3.8) is 0 Å². The zero-order valence-electron chi connectivity index (χ0n) is 24.6. The Labute approximate surface area is 236 Å². The Hall–Kier alpha value is -3.90. The first-order valence-electron chi connectivity index (χ1n) is 13.9. The summed E-state index contributed by atoms with van der Waals surface area (Å²) in [6, 6.07) is 45.8. The number of aryl methyl sites for hydroxylation is 1. The summed E-state index contributed by atoms with van der Waals surface area (Å²) in [5.41, 5.74) is 12.1. The summed E-state index contributed by atoms with van der Waals surface area (Å²) in [5.74, 6) is 0. The van der Waals surface area contributed by atoms with Crippen molar-refractivity contribution >= 4 is 0 Å². The molecule has 0 heteroatoms. The minimum atomic E-state index is 0.204. The Balaban J connectivity index is 0.000000187. The van der Waals surface area contributed by atoms with Gasteiger partial charge in [0, 0.05) is 0 Å². The predicted molar refractivity (Wildman–Crippen MR) is 171 cm³/mol. The van der Waals surface area contributed by atoms with Gasteiger partial charge in [0.2, 0.25) is 0 Å². The summed E-state index contributed by atoms with van der Waals surface area (Å²) in [4.78, 5) is 0. The van der Waals surface area contributed by atoms with E-state index in [-0.39, 0.29) is 10.8 Å². The van der Waals surface area contributed by atoms with Gasteiger partial charge in [-0.3, -0.25) is 0 Å². The molecule has 0 heterocycles. The van der Waals surface area contributed by atoms with E-state index >= 15 is 0 Å². The first-order valence-corrected chi connectivity index (χ1v) is 13.9. The molecule has 0 fully saturated rings. The number of hydrogen-bond donors (Lipinski definition) is 0. The van der Waals surface area contributed by atoms with Crippen LogP contribution in [-0.4, -0.2) is 0 Å². The van der Waals surface area contributed by atoms with E-state index in [1.165, 1.54) is 50.1 Å². The molecule has 0 spiro atoms. The molecule has 0 bridgehead atoms. The molecule has 5 rings (SSSR count). The maximum atomic E-state index is 2.25. The van der Waals surface area contributed by atoms with Crippen molar-refractivity contribution in [2.75, 3.05) is 0 Å². The van der Waals surface area contributed by atoms with Crippen molar-refractivity contribution in [1.29, 1.82) is 0 Å². The largest absolute Gasteiger partial charge is 0.0622 e. The Kier molecular flexibility index (Phi) is 8.56. The lowest BCUT2D eigenvalue weighted by Gasteiger charge is -2.19. The molecular formula is C39H42. The zero-order chi connectivity index (χ0) is 28.0. The van der Waals surface area contributed by atoms with Crippen LogP contribution >= 0.6 is 0 Å². The van der Waals surface area contributed by atoms with E-state index in [4.69, 9.17) is 0 Å². The second kappa shape index (κ2) is 11.9. The lowest BCUT2D eigenvalue weighted by molar-refractivity contribution is 0.590. The van der Waals surface area contributed by atoms with E-state index in [9.17, 15) is 0 Å². The van der Waals surface area contributed by atoms with Gasteiger partial charge in [-0.05, 0) is 62.3 Å². The third-order valence-corrected chi connectivity index (χ3v) is 7.21. The second-order valence-corrected chi connectivity index (χ2v) is 12.5. The van der Waals surface area contributed by atoms with Crippen LogP contribution in [0.4, 0.5) is 0 Å². The summed E-state index contributed by atoms with van der Waals surface area (Å²) in [6.07, 6.45) is 0. The summed E-state index contributed by atoms with van der Waals surface area (Å²) >= 11 is 0. The Bertz CT molecular complexity index is 1440. The number of benzene rings is 5. The molecule has 0 aliphatic heterocycles. The average molecular weight is 511 g/mol. The maximum Gasteiger partial charge on any atom is -0.0132 e. The van der Waals surface area contributed by atoms with Crippen LogP contribution in [0.25, 0.3) is 33.4 Å². The molecule has 0 atom stereocenters. The summed E-state index contributed by atoms with van der Waals surface area (Å²) < 4.78 is 0. The lowest BCUT2D eigenvalue weighted by atomic mass is 9.86. The third kappa shape index (κ3) is 7.58. The third-order valence-electron chi connectivity index (χ3n) is 7.21. The molecule has 0 nitrogen and oxygen atoms in total. The highest BCUT2D eigenvalue weighted by atomic mass is 14.2. The molecular weight excluding hydrogens is 468 g/mol. The van der Waals surface area contributed by atoms with Crippen LogP contribution in [0.15, 0.2) is 127 Å². The van der Waals surface area contributed by atoms with E-state index < -0.39 is 0 Å². The highest BCUT2D eigenvalue weighted by Crippen LogP contribution is 2.28. The van der Waals surface area contributed by atoms with Gasteiger partial charge in [-0.25, -0.2) is 0 Å². The van der Waals surface area contributed by atoms with Crippen molar-refractivity contribution in [1.82, 2.24) is 0 Å². The number of hydrogen-bond acceptors (Lipinski definition) is 0. The maximum absolute atomic E-state index is 2.25. The molecule has 0 saturated carbocycles. The fraction of sp³-hybridized carbons (Fsp3) is 0.231. The van der Waals surface area contributed by atoms with Crippen molar-refractivity contribution in [2.24, 2.45) is 0 Å². The molecule has 5 aromatic carbocycles. The van der Waals surface area contributed by atoms with Gasteiger partial charge < -0.3 is 0 Å². The molecule has 0 unspecified atom stereocenters. The fourth-order valence-electron chi connectivity index (χ4n) is 4.56. The summed E-state index contributed by atoms with van der Waals surface area (Å²) in [7, 11) is 0. The van der Waals surface area contributed by atoms with E-state index in [1.807, 2.05) is 0 Å². The van der Waals surface area contributed by atoms with E-state index in [0.717, 1.165) is 0 Å². The van der Waals surface area contributed by atoms with Crippen molar-refractivity contribution < 1.29 is 0 Å². The molecule has 0 aliphatic rings. The second-order valence-electron chi connectivity index (χ2n) is 12.5. The monoisotopic (exact) mass is 510 g/mol. The van der Waals surface area contributed by atoms with E-state index in [0.29, 0.717) is 0 Å². The molecule has 0 aromatic heterocycles. The summed E-state index contributed by atoms with van der Waals surface area (Å²) in [5, 5.41) is 0. The van der Waals surface area contributed by atoms with Crippen LogP contribution in [0.2, 0.25) is 0 Å². The Morgan fingerprint density at radius 1 is 0.308 bits per heavy atom. The molecule has 0 saturated heterocycles. The normalized spacial score (nSPS) is 11.5. The van der Waals surface area contributed by atoms with Gasteiger partial charge in [0.1, 0.15) is 0 Å². The smallest absolute Gasteiger partial charge is 0.0132 e. The van der Waals surface area contributed by atoms with Gasteiger partial charge in [0.15, 0.2) is 0 Å². The van der Waals surface area contributed by atoms with Crippen molar-refractivity contribution in [3.05, 3.63) is 144 Å². The first kappa shape index (κ1) is 28.1. The summed E-state index contributed by atoms with van der Waals surface area (Å²) in [6.45, 7) is 15.6. The number of rotatable bonds is 3. The van der Waals surface area contributed by atoms with Crippen molar-refractivity contribution in [3.8, 4) is 33.4 Å². The predicted octanol–water partition coefficient (Wildman–Crippen LogP) is 11.3. The zero-order valence-corrected chi connectivity index (χ0v) is 24.6. The van der Waals surface area contributed by atoms with Crippen molar-refractivity contribution in [2.45, 2.75) is 59.3 Å².